The van der Waals surface area contributed by atoms with Crippen molar-refractivity contribution in [1.29, 1.82) is 0 Å². The molecule has 0 spiro atoms. The molecule has 4 N–H and O–H groups in total. The van der Waals surface area contributed by atoms with Crippen molar-refractivity contribution in [3.63, 3.8) is 0 Å². The fourth-order valence-corrected chi connectivity index (χ4v) is 2.02. The van der Waals surface area contributed by atoms with E-state index in [0.717, 1.165) is 57.2 Å². The molecule has 0 radical (unpaired) electrons. The quantitative estimate of drug-likeness (QED) is 0.385. The lowest BCUT2D eigenvalue weighted by atomic mass is 10.3. The molecule has 0 aliphatic carbocycles. The second kappa shape index (κ2) is 7.22. The number of morpholine rings is 1. The number of nitrogens with zero attached hydrogens (tertiary/aromatic N) is 3. The summed E-state index contributed by atoms with van der Waals surface area (Å²) >= 11 is 0. The number of nitrogens with two attached hydrogens (primary N) is 1. The first-order chi connectivity index (χ1) is 9.29. The number of ether oxygens (including phenoxy) is 1. The maximum absolute atomic E-state index is 5.32. The Labute approximate surface area is 113 Å². The third-order valence-corrected chi connectivity index (χ3v) is 3.15. The van der Waals surface area contributed by atoms with Gasteiger partial charge in [-0.3, -0.25) is 10.3 Å². The first-order valence-electron chi connectivity index (χ1n) is 6.64. The maximum atomic E-state index is 5.32. The molecule has 0 bridgehead atoms. The normalized spacial score (nSPS) is 16.3. The Bertz CT molecular complexity index is 394. The number of hydrogen-bond acceptors (Lipinski definition) is 7. The van der Waals surface area contributed by atoms with Crippen LogP contribution in [0.2, 0.25) is 0 Å². The summed E-state index contributed by atoms with van der Waals surface area (Å²) in [6.07, 6.45) is 2.83. The number of anilines is 2. The minimum Gasteiger partial charge on any atom is -0.379 e. The Kier molecular flexibility index (Phi) is 5.31. The SMILES string of the molecule is Cc1cnc(NN)nc1NCCCN1CCOCC1. The van der Waals surface area contributed by atoms with Gasteiger partial charge in [0.2, 0.25) is 5.95 Å². The fourth-order valence-electron chi connectivity index (χ4n) is 2.02. The van der Waals surface area contributed by atoms with Gasteiger partial charge in [-0.15, -0.1) is 0 Å². The van der Waals surface area contributed by atoms with Crippen LogP contribution >= 0.6 is 0 Å². The zero-order valence-corrected chi connectivity index (χ0v) is 11.4. The highest BCUT2D eigenvalue weighted by molar-refractivity contribution is 5.45. The van der Waals surface area contributed by atoms with E-state index in [9.17, 15) is 0 Å². The molecule has 0 unspecified atom stereocenters. The summed E-state index contributed by atoms with van der Waals surface area (Å²) in [5.74, 6) is 6.57. The number of nitrogen functional groups attached to an aromatic ring is 1. The van der Waals surface area contributed by atoms with Crippen molar-refractivity contribution in [1.82, 2.24) is 14.9 Å². The van der Waals surface area contributed by atoms with Gasteiger partial charge in [-0.25, -0.2) is 10.8 Å². The molecular weight excluding hydrogens is 244 g/mol. The van der Waals surface area contributed by atoms with Gasteiger partial charge < -0.3 is 10.1 Å². The predicted molar refractivity (Wildman–Crippen MR) is 74.9 cm³/mol. The number of rotatable bonds is 6. The predicted octanol–water partition coefficient (Wildman–Crippen LogP) is 0.205. The van der Waals surface area contributed by atoms with Crippen molar-refractivity contribution in [2.24, 2.45) is 5.84 Å². The van der Waals surface area contributed by atoms with E-state index in [2.05, 4.69) is 25.6 Å². The highest BCUT2D eigenvalue weighted by atomic mass is 16.5. The Morgan fingerprint density at radius 1 is 1.42 bits per heavy atom. The van der Waals surface area contributed by atoms with Crippen LogP contribution in [0.15, 0.2) is 6.20 Å². The van der Waals surface area contributed by atoms with Crippen molar-refractivity contribution in [2.75, 3.05) is 50.1 Å². The third kappa shape index (κ3) is 4.30. The zero-order chi connectivity index (χ0) is 13.5. The van der Waals surface area contributed by atoms with Gasteiger partial charge in [0.05, 0.1) is 13.2 Å². The number of hydrogen-bond donors (Lipinski definition) is 3. The number of aryl methyl sites for hydroxylation is 1. The largest absolute Gasteiger partial charge is 0.379 e. The van der Waals surface area contributed by atoms with Crippen LogP contribution in [-0.2, 0) is 4.74 Å². The van der Waals surface area contributed by atoms with E-state index < -0.39 is 0 Å². The van der Waals surface area contributed by atoms with E-state index in [-0.39, 0.29) is 0 Å². The summed E-state index contributed by atoms with van der Waals surface area (Å²) in [6.45, 7) is 7.72. The molecule has 1 aliphatic rings. The first-order valence-corrected chi connectivity index (χ1v) is 6.64. The van der Waals surface area contributed by atoms with Gasteiger partial charge in [-0.05, 0) is 19.9 Å². The molecular formula is C12H22N6O. The molecule has 7 nitrogen and oxygen atoms in total. The van der Waals surface area contributed by atoms with Gasteiger partial charge in [0.25, 0.3) is 0 Å². The number of nitrogens with one attached hydrogen (secondary N) is 2. The fraction of sp³-hybridized carbons (Fsp3) is 0.667. The summed E-state index contributed by atoms with van der Waals surface area (Å²) < 4.78 is 5.32. The summed E-state index contributed by atoms with van der Waals surface area (Å²) in [4.78, 5) is 10.8. The molecule has 0 aromatic carbocycles. The van der Waals surface area contributed by atoms with Crippen LogP contribution in [-0.4, -0.2) is 54.3 Å². The van der Waals surface area contributed by atoms with E-state index >= 15 is 0 Å². The monoisotopic (exact) mass is 266 g/mol. The van der Waals surface area contributed by atoms with Crippen LogP contribution in [0.1, 0.15) is 12.0 Å². The van der Waals surface area contributed by atoms with Gasteiger partial charge in [-0.1, -0.05) is 0 Å². The van der Waals surface area contributed by atoms with Gasteiger partial charge >= 0.3 is 0 Å². The lowest BCUT2D eigenvalue weighted by molar-refractivity contribution is 0.0378. The summed E-state index contributed by atoms with van der Waals surface area (Å²) in [5, 5.41) is 3.32. The van der Waals surface area contributed by atoms with E-state index in [1.807, 2.05) is 6.92 Å². The molecule has 2 heterocycles. The van der Waals surface area contributed by atoms with Crippen LogP contribution in [0.25, 0.3) is 0 Å². The lowest BCUT2D eigenvalue weighted by Gasteiger charge is -2.26. The Morgan fingerprint density at radius 2 is 2.21 bits per heavy atom. The molecule has 0 atom stereocenters. The second-order valence-electron chi connectivity index (χ2n) is 4.60. The van der Waals surface area contributed by atoms with Gasteiger partial charge in [-0.2, -0.15) is 4.98 Å². The van der Waals surface area contributed by atoms with Crippen molar-refractivity contribution in [3.05, 3.63) is 11.8 Å². The molecule has 106 valence electrons. The Balaban J connectivity index is 1.72. The average Bonchev–Trinajstić information content (AvgIpc) is 2.46. The molecule has 19 heavy (non-hydrogen) atoms. The topological polar surface area (TPSA) is 88.3 Å². The first kappa shape index (κ1) is 14.0. The summed E-state index contributed by atoms with van der Waals surface area (Å²) in [7, 11) is 0. The minimum atomic E-state index is 0.432. The summed E-state index contributed by atoms with van der Waals surface area (Å²) in [5.41, 5.74) is 3.47. The highest BCUT2D eigenvalue weighted by Gasteiger charge is 2.09. The number of hydrazine groups is 1. The van der Waals surface area contributed by atoms with Crippen LogP contribution in [0, 0.1) is 6.92 Å². The van der Waals surface area contributed by atoms with Crippen LogP contribution in [0.5, 0.6) is 0 Å². The molecule has 1 saturated heterocycles. The average molecular weight is 266 g/mol. The minimum absolute atomic E-state index is 0.432. The van der Waals surface area contributed by atoms with E-state index in [1.54, 1.807) is 6.20 Å². The van der Waals surface area contributed by atoms with E-state index in [0.29, 0.717) is 5.95 Å². The molecule has 0 amide bonds. The molecule has 0 saturated carbocycles. The van der Waals surface area contributed by atoms with E-state index in [1.165, 1.54) is 0 Å². The molecule has 2 rings (SSSR count). The number of aromatic nitrogens is 2. The van der Waals surface area contributed by atoms with Crippen molar-refractivity contribution in [3.8, 4) is 0 Å². The maximum Gasteiger partial charge on any atom is 0.239 e. The molecule has 1 aliphatic heterocycles. The Morgan fingerprint density at radius 3 is 2.95 bits per heavy atom. The molecule has 1 fully saturated rings. The van der Waals surface area contributed by atoms with Crippen LogP contribution in [0.4, 0.5) is 11.8 Å². The van der Waals surface area contributed by atoms with Gasteiger partial charge in [0.15, 0.2) is 0 Å². The molecule has 7 heteroatoms. The van der Waals surface area contributed by atoms with Crippen LogP contribution in [0.3, 0.4) is 0 Å². The highest BCUT2D eigenvalue weighted by Crippen LogP contribution is 2.11. The third-order valence-electron chi connectivity index (χ3n) is 3.15. The zero-order valence-electron chi connectivity index (χ0n) is 11.4. The van der Waals surface area contributed by atoms with Gasteiger partial charge in [0, 0.05) is 31.4 Å². The van der Waals surface area contributed by atoms with Gasteiger partial charge in [0.1, 0.15) is 5.82 Å². The smallest absolute Gasteiger partial charge is 0.239 e. The molecule has 1 aromatic heterocycles. The van der Waals surface area contributed by atoms with Crippen molar-refractivity contribution in [2.45, 2.75) is 13.3 Å². The van der Waals surface area contributed by atoms with Crippen molar-refractivity contribution < 1.29 is 4.74 Å². The standard InChI is InChI=1S/C12H22N6O/c1-10-9-15-12(17-13)16-11(10)14-3-2-4-18-5-7-19-8-6-18/h9H,2-8,13H2,1H3,(H2,14,15,16,17). The molecule has 1 aromatic rings. The Hall–Kier alpha value is -1.44. The lowest BCUT2D eigenvalue weighted by Crippen LogP contribution is -2.37. The second-order valence-corrected chi connectivity index (χ2v) is 4.60. The van der Waals surface area contributed by atoms with Crippen LogP contribution < -0.4 is 16.6 Å². The van der Waals surface area contributed by atoms with E-state index in [4.69, 9.17) is 10.6 Å². The van der Waals surface area contributed by atoms with Crippen molar-refractivity contribution >= 4 is 11.8 Å². The summed E-state index contributed by atoms with van der Waals surface area (Å²) in [6, 6.07) is 0.